The van der Waals surface area contributed by atoms with Crippen LogP contribution in [0.2, 0.25) is 0 Å². The normalized spacial score (nSPS) is 10.4. The lowest BCUT2D eigenvalue weighted by Gasteiger charge is -2.11. The van der Waals surface area contributed by atoms with Crippen LogP contribution in [0.5, 0.6) is 0 Å². The summed E-state index contributed by atoms with van der Waals surface area (Å²) in [5.41, 5.74) is 5.35. The quantitative estimate of drug-likeness (QED) is 0.319. The number of aliphatic imine (C=N–C) groups is 1. The standard InChI is InChI=1S/C22H24FNO.C2H6.C2H2.CH2O/c1-6-20(21(25)13-18-14(2)9-7-10-15(18)3)24-17(5)22-16(4)11-8-12-19(22)23;3*1-2/h6-12H,13H2,1-5H3;1-2H3;1-2H;1H2/b20-6-,24-17?;;;. The fourth-order valence-electron chi connectivity index (χ4n) is 2.99. The Kier molecular flexibility index (Phi) is 15.9. The van der Waals surface area contributed by atoms with Crippen molar-refractivity contribution in [3.05, 3.63) is 81.8 Å². The maximum Gasteiger partial charge on any atom is 0.185 e. The van der Waals surface area contributed by atoms with Crippen LogP contribution in [0.4, 0.5) is 4.39 Å². The van der Waals surface area contributed by atoms with Gasteiger partial charge in [0.1, 0.15) is 18.3 Å². The molecule has 2 aromatic rings. The van der Waals surface area contributed by atoms with Crippen LogP contribution in [0, 0.1) is 39.4 Å². The van der Waals surface area contributed by atoms with Gasteiger partial charge in [-0.1, -0.05) is 50.3 Å². The van der Waals surface area contributed by atoms with Gasteiger partial charge in [0.2, 0.25) is 0 Å². The van der Waals surface area contributed by atoms with Crippen LogP contribution in [0.15, 0.2) is 53.2 Å². The lowest BCUT2D eigenvalue weighted by atomic mass is 9.97. The number of hydrogen-bond acceptors (Lipinski definition) is 3. The topological polar surface area (TPSA) is 46.5 Å². The number of rotatable bonds is 5. The minimum atomic E-state index is -0.320. The molecular weight excluding hydrogens is 389 g/mol. The molecule has 0 N–H and O–H groups in total. The van der Waals surface area contributed by atoms with E-state index in [1.807, 2.05) is 65.7 Å². The summed E-state index contributed by atoms with van der Waals surface area (Å²) in [6.45, 7) is 15.4. The highest BCUT2D eigenvalue weighted by atomic mass is 19.1. The highest BCUT2D eigenvalue weighted by Gasteiger charge is 2.15. The first-order valence-electron chi connectivity index (χ1n) is 10.0. The molecule has 31 heavy (non-hydrogen) atoms. The van der Waals surface area contributed by atoms with E-state index < -0.39 is 0 Å². The van der Waals surface area contributed by atoms with E-state index in [0.29, 0.717) is 23.4 Å². The van der Waals surface area contributed by atoms with E-state index in [9.17, 15) is 9.18 Å². The average molecular weight is 424 g/mol. The van der Waals surface area contributed by atoms with E-state index in [0.717, 1.165) is 22.3 Å². The van der Waals surface area contributed by atoms with Gasteiger partial charge < -0.3 is 4.79 Å². The zero-order valence-corrected chi connectivity index (χ0v) is 19.8. The van der Waals surface area contributed by atoms with Gasteiger partial charge in [-0.25, -0.2) is 9.38 Å². The second-order valence-corrected chi connectivity index (χ2v) is 6.27. The fraction of sp³-hybridized carbons (Fsp3) is 0.296. The first-order valence-corrected chi connectivity index (χ1v) is 10.0. The molecule has 0 saturated carbocycles. The van der Waals surface area contributed by atoms with Crippen molar-refractivity contribution in [2.75, 3.05) is 0 Å². The van der Waals surface area contributed by atoms with Crippen LogP contribution in [0.25, 0.3) is 0 Å². The molecule has 2 aromatic carbocycles. The maximum atomic E-state index is 14.1. The number of nitrogens with zero attached hydrogens (tertiary/aromatic N) is 1. The number of ketones is 1. The highest BCUT2D eigenvalue weighted by molar-refractivity contribution is 6.05. The zero-order valence-electron chi connectivity index (χ0n) is 19.8. The van der Waals surface area contributed by atoms with Crippen molar-refractivity contribution in [1.82, 2.24) is 0 Å². The third-order valence-electron chi connectivity index (χ3n) is 4.41. The summed E-state index contributed by atoms with van der Waals surface area (Å²) in [5.74, 6) is -0.382. The zero-order chi connectivity index (χ0) is 24.6. The summed E-state index contributed by atoms with van der Waals surface area (Å²) in [7, 11) is 0. The van der Waals surface area contributed by atoms with Crippen molar-refractivity contribution in [2.24, 2.45) is 4.99 Å². The van der Waals surface area contributed by atoms with Crippen LogP contribution >= 0.6 is 0 Å². The van der Waals surface area contributed by atoms with E-state index in [1.165, 1.54) is 6.07 Å². The molecule has 3 nitrogen and oxygen atoms in total. The van der Waals surface area contributed by atoms with E-state index >= 15 is 0 Å². The van der Waals surface area contributed by atoms with E-state index in [1.54, 1.807) is 26.0 Å². The smallest absolute Gasteiger partial charge is 0.185 e. The third kappa shape index (κ3) is 8.92. The van der Waals surface area contributed by atoms with Gasteiger partial charge in [-0.05, 0) is 62.9 Å². The Bertz CT molecular complexity index is 884. The Balaban J connectivity index is 0. The lowest BCUT2D eigenvalue weighted by Crippen LogP contribution is -2.10. The molecule has 2 rings (SSSR count). The minimum absolute atomic E-state index is 0.0618. The van der Waals surface area contributed by atoms with Crippen molar-refractivity contribution >= 4 is 18.3 Å². The Morgan fingerprint density at radius 1 is 1.00 bits per heavy atom. The average Bonchev–Trinajstić information content (AvgIpc) is 2.78. The SMILES string of the molecule is C#C.C/C=C(\N=C(C)c1c(C)cccc1F)C(=O)Cc1c(C)cccc1C.C=O.CC. The predicted molar refractivity (Wildman–Crippen MR) is 130 cm³/mol. The number of terminal acetylenes is 1. The summed E-state index contributed by atoms with van der Waals surface area (Å²) in [4.78, 5) is 25.1. The first-order chi connectivity index (χ1) is 14.8. The number of benzene rings is 2. The van der Waals surface area contributed by atoms with Gasteiger partial charge in [0.15, 0.2) is 5.78 Å². The first kappa shape index (κ1) is 29.9. The molecule has 0 unspecified atom stereocenters. The van der Waals surface area contributed by atoms with Crippen LogP contribution in [-0.2, 0) is 16.0 Å². The van der Waals surface area contributed by atoms with Crippen LogP contribution < -0.4 is 0 Å². The molecule has 0 aromatic heterocycles. The molecule has 0 aliphatic carbocycles. The second kappa shape index (κ2) is 16.5. The molecule has 0 amide bonds. The number of allylic oxidation sites excluding steroid dienone is 2. The van der Waals surface area contributed by atoms with E-state index in [4.69, 9.17) is 4.79 Å². The Hall–Kier alpha value is -3.32. The fourth-order valence-corrected chi connectivity index (χ4v) is 2.99. The van der Waals surface area contributed by atoms with Gasteiger partial charge in [-0.3, -0.25) is 4.79 Å². The molecular formula is C27H34FNO2. The van der Waals surface area contributed by atoms with Gasteiger partial charge in [0, 0.05) is 17.7 Å². The molecule has 0 saturated heterocycles. The minimum Gasteiger partial charge on any atom is -0.307 e. The molecule has 0 atom stereocenters. The summed E-state index contributed by atoms with van der Waals surface area (Å²) >= 11 is 0. The van der Waals surface area contributed by atoms with Crippen LogP contribution in [0.1, 0.15) is 55.5 Å². The molecule has 0 radical (unpaired) electrons. The van der Waals surface area contributed by atoms with E-state index in [-0.39, 0.29) is 11.6 Å². The second-order valence-electron chi connectivity index (χ2n) is 6.27. The van der Waals surface area contributed by atoms with Crippen molar-refractivity contribution < 1.29 is 14.0 Å². The molecule has 166 valence electrons. The van der Waals surface area contributed by atoms with Gasteiger partial charge in [0.05, 0.1) is 0 Å². The largest absolute Gasteiger partial charge is 0.307 e. The van der Waals surface area contributed by atoms with E-state index in [2.05, 4.69) is 17.8 Å². The highest BCUT2D eigenvalue weighted by Crippen LogP contribution is 2.18. The number of Topliss-reactive ketones (excluding diaryl/α,β-unsaturated/α-hetero) is 1. The lowest BCUT2D eigenvalue weighted by molar-refractivity contribution is -0.115. The Morgan fingerprint density at radius 2 is 1.45 bits per heavy atom. The predicted octanol–water partition coefficient (Wildman–Crippen LogP) is 6.37. The number of aryl methyl sites for hydroxylation is 3. The third-order valence-corrected chi connectivity index (χ3v) is 4.41. The number of carbonyl (C=O) groups excluding carboxylic acids is 2. The van der Waals surface area contributed by atoms with Gasteiger partial charge >= 0.3 is 0 Å². The van der Waals surface area contributed by atoms with Gasteiger partial charge in [-0.15, -0.1) is 12.8 Å². The van der Waals surface area contributed by atoms with Gasteiger partial charge in [0.25, 0.3) is 0 Å². The van der Waals surface area contributed by atoms with Gasteiger partial charge in [-0.2, -0.15) is 0 Å². The van der Waals surface area contributed by atoms with Crippen LogP contribution in [0.3, 0.4) is 0 Å². The van der Waals surface area contributed by atoms with Crippen molar-refractivity contribution in [3.8, 4) is 12.8 Å². The van der Waals surface area contributed by atoms with Crippen molar-refractivity contribution in [3.63, 3.8) is 0 Å². The Morgan fingerprint density at radius 3 is 1.90 bits per heavy atom. The van der Waals surface area contributed by atoms with Crippen molar-refractivity contribution in [1.29, 1.82) is 0 Å². The molecule has 4 heteroatoms. The van der Waals surface area contributed by atoms with Crippen LogP contribution in [-0.4, -0.2) is 18.3 Å². The Labute approximate surface area is 187 Å². The summed E-state index contributed by atoms with van der Waals surface area (Å²) in [5, 5.41) is 0. The number of carbonyl (C=O) groups is 2. The summed E-state index contributed by atoms with van der Waals surface area (Å²) < 4.78 is 14.1. The molecule has 0 fully saturated rings. The maximum absolute atomic E-state index is 14.1. The molecule has 0 aliphatic rings. The summed E-state index contributed by atoms with van der Waals surface area (Å²) in [6.07, 6.45) is 9.99. The number of hydrogen-bond donors (Lipinski definition) is 0. The molecule has 0 spiro atoms. The number of halogens is 1. The molecule has 0 bridgehead atoms. The molecule has 0 heterocycles. The van der Waals surface area contributed by atoms with Crippen molar-refractivity contribution in [2.45, 2.75) is 54.9 Å². The monoisotopic (exact) mass is 423 g/mol. The summed E-state index contributed by atoms with van der Waals surface area (Å²) in [6, 6.07) is 10.9. The molecule has 0 aliphatic heterocycles.